The lowest BCUT2D eigenvalue weighted by Gasteiger charge is -2.18. The second-order valence-corrected chi connectivity index (χ2v) is 4.20. The molecule has 1 amide bonds. The quantitative estimate of drug-likeness (QED) is 0.764. The molecule has 4 heteroatoms. The van der Waals surface area contributed by atoms with Crippen molar-refractivity contribution in [1.82, 2.24) is 0 Å². The van der Waals surface area contributed by atoms with Gasteiger partial charge in [0, 0.05) is 6.61 Å². The summed E-state index contributed by atoms with van der Waals surface area (Å²) in [5.41, 5.74) is 1.95. The van der Waals surface area contributed by atoms with Crippen molar-refractivity contribution in [3.8, 4) is 5.75 Å². The molecule has 0 saturated carbocycles. The van der Waals surface area contributed by atoms with E-state index >= 15 is 0 Å². The molecule has 1 heterocycles. The van der Waals surface area contributed by atoms with E-state index in [1.807, 2.05) is 18.2 Å². The summed E-state index contributed by atoms with van der Waals surface area (Å²) in [6, 6.07) is 5.89. The zero-order chi connectivity index (χ0) is 12.1. The molecule has 0 fully saturated rings. The number of aliphatic hydroxyl groups is 1. The Bertz CT molecular complexity index is 404. The summed E-state index contributed by atoms with van der Waals surface area (Å²) < 4.78 is 5.29. The number of aliphatic hydroxyl groups excluding tert-OH is 1. The van der Waals surface area contributed by atoms with Gasteiger partial charge in [-0.2, -0.15) is 0 Å². The largest absolute Gasteiger partial charge is 0.482 e. The lowest BCUT2D eigenvalue weighted by atomic mass is 10.1. The second-order valence-electron chi connectivity index (χ2n) is 4.20. The van der Waals surface area contributed by atoms with Gasteiger partial charge in [0.1, 0.15) is 5.75 Å². The number of anilines is 1. The van der Waals surface area contributed by atoms with Crippen molar-refractivity contribution in [2.75, 3.05) is 18.5 Å². The molecule has 0 atom stereocenters. The van der Waals surface area contributed by atoms with Crippen LogP contribution in [0.3, 0.4) is 0 Å². The fourth-order valence-electron chi connectivity index (χ4n) is 1.90. The van der Waals surface area contributed by atoms with Crippen molar-refractivity contribution in [3.05, 3.63) is 23.8 Å². The first-order chi connectivity index (χ1) is 8.29. The highest BCUT2D eigenvalue weighted by atomic mass is 16.5. The van der Waals surface area contributed by atoms with E-state index in [-0.39, 0.29) is 19.1 Å². The van der Waals surface area contributed by atoms with Gasteiger partial charge in [0.15, 0.2) is 6.61 Å². The van der Waals surface area contributed by atoms with Crippen LogP contribution >= 0.6 is 0 Å². The number of aryl methyl sites for hydroxylation is 1. The molecule has 1 aliphatic heterocycles. The third-order valence-electron chi connectivity index (χ3n) is 2.80. The molecule has 17 heavy (non-hydrogen) atoms. The minimum absolute atomic E-state index is 0.100. The lowest BCUT2D eigenvalue weighted by molar-refractivity contribution is -0.118. The molecule has 1 aromatic rings. The highest BCUT2D eigenvalue weighted by Crippen LogP contribution is 2.28. The van der Waals surface area contributed by atoms with Crippen LogP contribution in [0.2, 0.25) is 0 Å². The molecule has 0 unspecified atom stereocenters. The number of rotatable bonds is 5. The van der Waals surface area contributed by atoms with E-state index in [1.54, 1.807) is 0 Å². The summed E-state index contributed by atoms with van der Waals surface area (Å²) in [5.74, 6) is 0.638. The number of benzene rings is 1. The second kappa shape index (κ2) is 5.68. The fourth-order valence-corrected chi connectivity index (χ4v) is 1.90. The van der Waals surface area contributed by atoms with Crippen LogP contribution in [-0.4, -0.2) is 24.2 Å². The van der Waals surface area contributed by atoms with E-state index in [0.29, 0.717) is 0 Å². The molecular formula is C13H17NO3. The van der Waals surface area contributed by atoms with Crippen molar-refractivity contribution < 1.29 is 14.6 Å². The lowest BCUT2D eigenvalue weighted by Crippen LogP contribution is -2.25. The van der Waals surface area contributed by atoms with Gasteiger partial charge in [0.25, 0.3) is 5.91 Å². The van der Waals surface area contributed by atoms with Crippen molar-refractivity contribution in [2.24, 2.45) is 0 Å². The van der Waals surface area contributed by atoms with Gasteiger partial charge in [0.05, 0.1) is 5.69 Å². The van der Waals surface area contributed by atoms with Crippen LogP contribution in [0.15, 0.2) is 18.2 Å². The Morgan fingerprint density at radius 1 is 1.29 bits per heavy atom. The molecular weight excluding hydrogens is 218 g/mol. The standard InChI is InChI=1S/C13H17NO3/c15-7-3-1-2-4-10-5-6-12-11(8-10)14-13(16)9-17-12/h5-6,8,15H,1-4,7,9H2,(H,14,16). The van der Waals surface area contributed by atoms with E-state index in [9.17, 15) is 4.79 Å². The van der Waals surface area contributed by atoms with Crippen LogP contribution < -0.4 is 10.1 Å². The summed E-state index contributed by atoms with van der Waals surface area (Å²) in [4.78, 5) is 11.2. The monoisotopic (exact) mass is 235 g/mol. The maximum absolute atomic E-state index is 11.2. The molecule has 2 N–H and O–H groups in total. The van der Waals surface area contributed by atoms with E-state index in [2.05, 4.69) is 5.32 Å². The van der Waals surface area contributed by atoms with Crippen molar-refractivity contribution >= 4 is 11.6 Å². The number of carbonyl (C=O) groups excluding carboxylic acids is 1. The number of amides is 1. The van der Waals surface area contributed by atoms with Gasteiger partial charge < -0.3 is 15.2 Å². The Balaban J connectivity index is 1.95. The van der Waals surface area contributed by atoms with Crippen molar-refractivity contribution in [1.29, 1.82) is 0 Å². The minimum atomic E-state index is -0.102. The van der Waals surface area contributed by atoms with Crippen molar-refractivity contribution in [2.45, 2.75) is 25.7 Å². The molecule has 1 aromatic carbocycles. The number of carbonyl (C=O) groups is 1. The van der Waals surface area contributed by atoms with E-state index in [0.717, 1.165) is 37.1 Å². The number of ether oxygens (including phenoxy) is 1. The molecule has 4 nitrogen and oxygen atoms in total. The zero-order valence-corrected chi connectivity index (χ0v) is 9.74. The molecule has 1 aliphatic rings. The summed E-state index contributed by atoms with van der Waals surface area (Å²) >= 11 is 0. The molecule has 0 bridgehead atoms. The third-order valence-corrected chi connectivity index (χ3v) is 2.80. The van der Waals surface area contributed by atoms with Gasteiger partial charge in [-0.15, -0.1) is 0 Å². The van der Waals surface area contributed by atoms with E-state index in [1.165, 1.54) is 5.56 Å². The first-order valence-corrected chi connectivity index (χ1v) is 5.96. The van der Waals surface area contributed by atoms with Crippen LogP contribution in [0, 0.1) is 0 Å². The number of unbranched alkanes of at least 4 members (excludes halogenated alkanes) is 2. The topological polar surface area (TPSA) is 58.6 Å². The molecule has 92 valence electrons. The molecule has 2 rings (SSSR count). The van der Waals surface area contributed by atoms with Gasteiger partial charge in [-0.05, 0) is 37.0 Å². The molecule has 0 radical (unpaired) electrons. The van der Waals surface area contributed by atoms with Crippen molar-refractivity contribution in [3.63, 3.8) is 0 Å². The molecule has 0 aliphatic carbocycles. The van der Waals surface area contributed by atoms with Crippen LogP contribution in [-0.2, 0) is 11.2 Å². The predicted molar refractivity (Wildman–Crippen MR) is 65.2 cm³/mol. The van der Waals surface area contributed by atoms with Gasteiger partial charge >= 0.3 is 0 Å². The maximum Gasteiger partial charge on any atom is 0.262 e. The number of nitrogens with one attached hydrogen (secondary N) is 1. The Labute approximate surface area is 101 Å². The molecule has 0 aromatic heterocycles. The highest BCUT2D eigenvalue weighted by molar-refractivity contribution is 5.95. The summed E-state index contributed by atoms with van der Waals surface area (Å²) in [6.07, 6.45) is 3.89. The van der Waals surface area contributed by atoms with Gasteiger partial charge in [0.2, 0.25) is 0 Å². The maximum atomic E-state index is 11.2. The Morgan fingerprint density at radius 3 is 3.00 bits per heavy atom. The normalized spacial score (nSPS) is 13.8. The van der Waals surface area contributed by atoms with Gasteiger partial charge in [-0.25, -0.2) is 0 Å². The minimum Gasteiger partial charge on any atom is -0.482 e. The molecule has 0 spiro atoms. The Hall–Kier alpha value is -1.55. The van der Waals surface area contributed by atoms with Crippen LogP contribution in [0.5, 0.6) is 5.75 Å². The average molecular weight is 235 g/mol. The van der Waals surface area contributed by atoms with E-state index < -0.39 is 0 Å². The first kappa shape index (κ1) is 11.9. The number of hydrogen-bond donors (Lipinski definition) is 2. The Morgan fingerprint density at radius 2 is 2.18 bits per heavy atom. The van der Waals surface area contributed by atoms with Crippen LogP contribution in [0.4, 0.5) is 5.69 Å². The van der Waals surface area contributed by atoms with E-state index in [4.69, 9.17) is 9.84 Å². The predicted octanol–water partition coefficient (Wildman–Crippen LogP) is 1.72. The molecule has 0 saturated heterocycles. The van der Waals surface area contributed by atoms with Crippen LogP contribution in [0.1, 0.15) is 24.8 Å². The highest BCUT2D eigenvalue weighted by Gasteiger charge is 2.15. The summed E-state index contributed by atoms with van der Waals surface area (Å²) in [5, 5.41) is 11.5. The fraction of sp³-hybridized carbons (Fsp3) is 0.462. The zero-order valence-electron chi connectivity index (χ0n) is 9.74. The smallest absolute Gasteiger partial charge is 0.262 e. The van der Waals surface area contributed by atoms with Gasteiger partial charge in [-0.1, -0.05) is 12.5 Å². The summed E-state index contributed by atoms with van der Waals surface area (Å²) in [6.45, 7) is 0.358. The third kappa shape index (κ3) is 3.20. The SMILES string of the molecule is O=C1COc2ccc(CCCCCO)cc2N1. The van der Waals surface area contributed by atoms with Gasteiger partial charge in [-0.3, -0.25) is 4.79 Å². The first-order valence-electron chi connectivity index (χ1n) is 5.96. The number of hydrogen-bond acceptors (Lipinski definition) is 3. The number of fused-ring (bicyclic) bond motifs is 1. The Kier molecular flexibility index (Phi) is 3.98. The summed E-state index contributed by atoms with van der Waals surface area (Å²) in [7, 11) is 0. The average Bonchev–Trinajstić information content (AvgIpc) is 2.34. The van der Waals surface area contributed by atoms with Crippen LogP contribution in [0.25, 0.3) is 0 Å².